The molecule has 2 aromatic rings. The van der Waals surface area contributed by atoms with Crippen LogP contribution in [0.4, 0.5) is 5.82 Å². The molecule has 3 heterocycles. The highest BCUT2D eigenvalue weighted by atomic mass is 32.2. The van der Waals surface area contributed by atoms with E-state index in [1.54, 1.807) is 18.2 Å². The van der Waals surface area contributed by atoms with Gasteiger partial charge in [-0.15, -0.1) is 10.2 Å². The summed E-state index contributed by atoms with van der Waals surface area (Å²) in [5.74, 6) is 1.35. The Balaban J connectivity index is 1.38. The standard InChI is InChI=1S/C21H27N5O3S/c22-30(28,29)9-8-14-4-5-18(20(27)12-14)19-6-7-21(26-25-19)23-13-15-10-16-2-1-3-17(11-15)24-16/h4-9,12,15-17,24,27H,1-3,10-11,13H2,(H,23,26)(H2,22,28,29)/b9-8+. The predicted molar refractivity (Wildman–Crippen MR) is 117 cm³/mol. The fourth-order valence-corrected chi connectivity index (χ4v) is 4.76. The Kier molecular flexibility index (Phi) is 6.03. The summed E-state index contributed by atoms with van der Waals surface area (Å²) < 4.78 is 22.0. The van der Waals surface area contributed by atoms with E-state index in [9.17, 15) is 13.5 Å². The first-order chi connectivity index (χ1) is 14.4. The molecule has 0 spiro atoms. The topological polar surface area (TPSA) is 130 Å². The first-order valence-corrected chi connectivity index (χ1v) is 11.8. The molecule has 2 atom stereocenters. The van der Waals surface area contributed by atoms with E-state index in [1.165, 1.54) is 44.2 Å². The van der Waals surface area contributed by atoms with E-state index in [0.29, 0.717) is 34.8 Å². The molecule has 2 aliphatic heterocycles. The van der Waals surface area contributed by atoms with Crippen LogP contribution in [0.1, 0.15) is 37.7 Å². The first-order valence-electron chi connectivity index (χ1n) is 10.2. The number of rotatable bonds is 6. The molecule has 4 rings (SSSR count). The summed E-state index contributed by atoms with van der Waals surface area (Å²) in [5.41, 5.74) is 1.58. The third-order valence-electron chi connectivity index (χ3n) is 5.80. The quantitative estimate of drug-likeness (QED) is 0.555. The highest BCUT2D eigenvalue weighted by Crippen LogP contribution is 2.31. The normalized spacial score (nSPS) is 24.1. The average molecular weight is 430 g/mol. The summed E-state index contributed by atoms with van der Waals surface area (Å²) in [5, 5.41) is 31.7. The smallest absolute Gasteiger partial charge is 0.231 e. The van der Waals surface area contributed by atoms with Crippen molar-refractivity contribution < 1.29 is 13.5 Å². The summed E-state index contributed by atoms with van der Waals surface area (Å²) >= 11 is 0. The lowest BCUT2D eigenvalue weighted by Gasteiger charge is -2.40. The van der Waals surface area contributed by atoms with E-state index in [4.69, 9.17) is 5.14 Å². The largest absolute Gasteiger partial charge is 0.507 e. The number of nitrogens with two attached hydrogens (primary N) is 1. The molecule has 30 heavy (non-hydrogen) atoms. The third-order valence-corrected chi connectivity index (χ3v) is 6.31. The van der Waals surface area contributed by atoms with Crippen LogP contribution in [0, 0.1) is 5.92 Å². The van der Waals surface area contributed by atoms with Crippen LogP contribution in [0.3, 0.4) is 0 Å². The molecule has 0 aliphatic carbocycles. The van der Waals surface area contributed by atoms with Crippen molar-refractivity contribution in [3.63, 3.8) is 0 Å². The van der Waals surface area contributed by atoms with E-state index in [0.717, 1.165) is 17.8 Å². The molecule has 2 aliphatic rings. The zero-order valence-corrected chi connectivity index (χ0v) is 17.5. The molecular weight excluding hydrogens is 402 g/mol. The van der Waals surface area contributed by atoms with Crippen molar-refractivity contribution in [3.8, 4) is 17.0 Å². The van der Waals surface area contributed by atoms with Crippen molar-refractivity contribution >= 4 is 21.9 Å². The van der Waals surface area contributed by atoms with Crippen molar-refractivity contribution in [1.29, 1.82) is 0 Å². The van der Waals surface area contributed by atoms with Gasteiger partial charge in [0.2, 0.25) is 10.0 Å². The Labute approximate surface area is 176 Å². The maximum Gasteiger partial charge on any atom is 0.231 e. The van der Waals surface area contributed by atoms with Crippen LogP contribution in [0.15, 0.2) is 35.7 Å². The van der Waals surface area contributed by atoms with Crippen molar-refractivity contribution in [1.82, 2.24) is 15.5 Å². The van der Waals surface area contributed by atoms with Gasteiger partial charge in [-0.25, -0.2) is 13.6 Å². The van der Waals surface area contributed by atoms with E-state index >= 15 is 0 Å². The van der Waals surface area contributed by atoms with Gasteiger partial charge >= 0.3 is 0 Å². The van der Waals surface area contributed by atoms with Crippen LogP contribution >= 0.6 is 0 Å². The van der Waals surface area contributed by atoms with Crippen molar-refractivity contribution in [2.45, 2.75) is 44.2 Å². The number of piperidine rings is 2. The monoisotopic (exact) mass is 429 g/mol. The fourth-order valence-electron chi connectivity index (χ4n) is 4.41. The molecule has 2 unspecified atom stereocenters. The van der Waals surface area contributed by atoms with Gasteiger partial charge in [0.25, 0.3) is 0 Å². The van der Waals surface area contributed by atoms with Gasteiger partial charge < -0.3 is 15.7 Å². The zero-order chi connectivity index (χ0) is 21.1. The molecule has 0 saturated carbocycles. The summed E-state index contributed by atoms with van der Waals surface area (Å²) in [6.07, 6.45) is 7.63. The van der Waals surface area contributed by atoms with Crippen LogP contribution in [0.5, 0.6) is 5.75 Å². The van der Waals surface area contributed by atoms with E-state index in [2.05, 4.69) is 20.8 Å². The lowest BCUT2D eigenvalue weighted by atomic mass is 9.80. The minimum absolute atomic E-state index is 0.0113. The Hall–Kier alpha value is -2.49. The molecule has 9 heteroatoms. The molecule has 1 aromatic carbocycles. The van der Waals surface area contributed by atoms with E-state index in [1.807, 2.05) is 6.07 Å². The van der Waals surface area contributed by atoms with Crippen LogP contribution in [0.25, 0.3) is 17.3 Å². The molecule has 160 valence electrons. The number of aromatic hydroxyl groups is 1. The first kappa shape index (κ1) is 20.8. The number of hydrogen-bond acceptors (Lipinski definition) is 7. The molecule has 0 radical (unpaired) electrons. The molecule has 8 nitrogen and oxygen atoms in total. The summed E-state index contributed by atoms with van der Waals surface area (Å²) in [4.78, 5) is 0. The molecule has 1 aromatic heterocycles. The van der Waals surface area contributed by atoms with Crippen LogP contribution < -0.4 is 15.8 Å². The second kappa shape index (κ2) is 8.71. The maximum absolute atomic E-state index is 11.0. The number of phenolic OH excluding ortho intramolecular Hbond substituents is 1. The molecule has 2 saturated heterocycles. The van der Waals surface area contributed by atoms with Crippen molar-refractivity contribution in [3.05, 3.63) is 41.3 Å². The van der Waals surface area contributed by atoms with Gasteiger partial charge in [-0.3, -0.25) is 0 Å². The summed E-state index contributed by atoms with van der Waals surface area (Å²) in [6.45, 7) is 0.888. The van der Waals surface area contributed by atoms with Crippen LogP contribution in [-0.2, 0) is 10.0 Å². The SMILES string of the molecule is NS(=O)(=O)/C=C/c1ccc(-c2ccc(NCC3CC4CCCC(C3)N4)nn2)c(O)c1. The fraction of sp³-hybridized carbons (Fsp3) is 0.429. The zero-order valence-electron chi connectivity index (χ0n) is 16.7. The molecule has 2 fully saturated rings. The molecular formula is C21H27N5O3S. The maximum atomic E-state index is 11.0. The third kappa shape index (κ3) is 5.35. The van der Waals surface area contributed by atoms with E-state index in [-0.39, 0.29) is 5.75 Å². The van der Waals surface area contributed by atoms with Gasteiger partial charge in [-0.1, -0.05) is 12.5 Å². The van der Waals surface area contributed by atoms with Gasteiger partial charge in [0.1, 0.15) is 11.6 Å². The minimum Gasteiger partial charge on any atom is -0.507 e. The van der Waals surface area contributed by atoms with Gasteiger partial charge in [0.15, 0.2) is 0 Å². The highest BCUT2D eigenvalue weighted by molar-refractivity contribution is 7.92. The minimum atomic E-state index is -3.72. The molecule has 0 amide bonds. The number of benzene rings is 1. The number of nitrogens with one attached hydrogen (secondary N) is 2. The lowest BCUT2D eigenvalue weighted by Crippen LogP contribution is -2.49. The Morgan fingerprint density at radius 1 is 1.17 bits per heavy atom. The number of hydrogen-bond donors (Lipinski definition) is 4. The number of fused-ring (bicyclic) bond motifs is 2. The van der Waals surface area contributed by atoms with Gasteiger partial charge in [0.05, 0.1) is 5.69 Å². The lowest BCUT2D eigenvalue weighted by molar-refractivity contribution is 0.192. The Bertz CT molecular complexity index is 1010. The van der Waals surface area contributed by atoms with Gasteiger partial charge in [-0.2, -0.15) is 0 Å². The Morgan fingerprint density at radius 2 is 1.93 bits per heavy atom. The highest BCUT2D eigenvalue weighted by Gasteiger charge is 2.30. The molecule has 2 bridgehead atoms. The van der Waals surface area contributed by atoms with Crippen molar-refractivity contribution in [2.75, 3.05) is 11.9 Å². The number of primary sulfonamides is 1. The number of phenols is 1. The van der Waals surface area contributed by atoms with Crippen LogP contribution in [-0.4, -0.2) is 42.4 Å². The van der Waals surface area contributed by atoms with Crippen molar-refractivity contribution in [2.24, 2.45) is 11.1 Å². The number of aromatic nitrogens is 2. The van der Waals surface area contributed by atoms with Gasteiger partial charge in [-0.05, 0) is 67.5 Å². The predicted octanol–water partition coefficient (Wildman–Crippen LogP) is 2.44. The summed E-state index contributed by atoms with van der Waals surface area (Å²) in [6, 6.07) is 9.78. The van der Waals surface area contributed by atoms with E-state index < -0.39 is 10.0 Å². The second-order valence-corrected chi connectivity index (χ2v) is 9.63. The second-order valence-electron chi connectivity index (χ2n) is 8.18. The number of anilines is 1. The average Bonchev–Trinajstić information content (AvgIpc) is 2.71. The molecule has 5 N–H and O–H groups in total. The number of sulfonamides is 1. The summed E-state index contributed by atoms with van der Waals surface area (Å²) in [7, 11) is -3.72. The Morgan fingerprint density at radius 3 is 2.57 bits per heavy atom. The van der Waals surface area contributed by atoms with Gasteiger partial charge in [0, 0.05) is 29.6 Å². The number of nitrogens with zero attached hydrogens (tertiary/aromatic N) is 2. The van der Waals surface area contributed by atoms with Crippen LogP contribution in [0.2, 0.25) is 0 Å².